The quantitative estimate of drug-likeness (QED) is 0.153. The van der Waals surface area contributed by atoms with Crippen molar-refractivity contribution in [3.05, 3.63) is 168 Å². The van der Waals surface area contributed by atoms with Crippen molar-refractivity contribution >= 4 is 29.1 Å². The van der Waals surface area contributed by atoms with E-state index < -0.39 is 0 Å². The summed E-state index contributed by atoms with van der Waals surface area (Å²) in [6, 6.07) is 24.0. The molecule has 5 aromatic rings. The van der Waals surface area contributed by atoms with Crippen LogP contribution in [-0.4, -0.2) is 42.0 Å². The lowest BCUT2D eigenvalue weighted by molar-refractivity contribution is -0.616. The summed E-state index contributed by atoms with van der Waals surface area (Å²) in [5, 5.41) is 30.5. The molecular formula is C45H47Cl2N5O3. The molecule has 2 aliphatic carbocycles. The van der Waals surface area contributed by atoms with Gasteiger partial charge >= 0.3 is 0 Å². The van der Waals surface area contributed by atoms with Gasteiger partial charge in [-0.3, -0.25) is 9.78 Å². The van der Waals surface area contributed by atoms with Crippen LogP contribution in [-0.2, 0) is 36.9 Å². The molecule has 2 unspecified atom stereocenters. The first-order valence-electron chi connectivity index (χ1n) is 19.7. The Hall–Kier alpha value is -4.50. The lowest BCUT2D eigenvalue weighted by Gasteiger charge is -2.36. The van der Waals surface area contributed by atoms with Gasteiger partial charge in [-0.15, -0.1) is 0 Å². The van der Waals surface area contributed by atoms with E-state index >= 15 is 0 Å². The SMILES string of the molecule is O=C(Cc1cccnc1)N1CCC(C2c3ccc(Cl)cc3CCc3ccc[n+]([O-])c32)CC1.[O-][n+]1cccc2c1C(C1CCNCC1)c1ccc(Cl)cc1CC2. The zero-order valence-electron chi connectivity index (χ0n) is 31.0. The summed E-state index contributed by atoms with van der Waals surface area (Å²) in [6.45, 7) is 3.49. The number of amides is 1. The molecule has 5 heterocycles. The normalized spacial score (nSPS) is 19.7. The molecule has 2 atom stereocenters. The fourth-order valence-electron chi connectivity index (χ4n) is 9.61. The van der Waals surface area contributed by atoms with Crippen LogP contribution in [0, 0.1) is 22.3 Å². The third-order valence-electron chi connectivity index (χ3n) is 12.3. The summed E-state index contributed by atoms with van der Waals surface area (Å²) < 4.78 is 2.16. The number of pyridine rings is 3. The Bertz CT molecular complexity index is 2150. The molecule has 2 fully saturated rings. The van der Waals surface area contributed by atoms with E-state index in [0.29, 0.717) is 31.3 Å². The third kappa shape index (κ3) is 8.09. The van der Waals surface area contributed by atoms with Crippen LogP contribution in [0.1, 0.15) is 87.9 Å². The maximum Gasteiger partial charge on any atom is 0.227 e. The molecule has 2 aromatic carbocycles. The first kappa shape index (κ1) is 37.4. The number of hydrogen-bond donors (Lipinski definition) is 1. The molecule has 3 aromatic heterocycles. The molecule has 9 rings (SSSR count). The summed E-state index contributed by atoms with van der Waals surface area (Å²) in [5.41, 5.74) is 10.1. The molecule has 0 saturated carbocycles. The number of halogens is 2. The lowest BCUT2D eigenvalue weighted by atomic mass is 9.76. The Morgan fingerprint density at radius 1 is 0.709 bits per heavy atom. The zero-order valence-corrected chi connectivity index (χ0v) is 32.5. The number of carbonyl (C=O) groups excluding carboxylic acids is 1. The highest BCUT2D eigenvalue weighted by Gasteiger charge is 2.39. The van der Waals surface area contributed by atoms with Crippen molar-refractivity contribution in [1.82, 2.24) is 15.2 Å². The number of hydrogen-bond acceptors (Lipinski definition) is 5. The van der Waals surface area contributed by atoms with Crippen molar-refractivity contribution in [3.8, 4) is 0 Å². The van der Waals surface area contributed by atoms with Gasteiger partial charge in [0.05, 0.1) is 18.3 Å². The largest absolute Gasteiger partial charge is 0.618 e. The van der Waals surface area contributed by atoms with E-state index in [2.05, 4.69) is 46.7 Å². The maximum atomic E-state index is 12.9. The lowest BCUT2D eigenvalue weighted by Crippen LogP contribution is -2.43. The van der Waals surface area contributed by atoms with Gasteiger partial charge in [-0.2, -0.15) is 9.46 Å². The fraction of sp³-hybridized carbons (Fsp3) is 0.378. The Morgan fingerprint density at radius 3 is 1.76 bits per heavy atom. The summed E-state index contributed by atoms with van der Waals surface area (Å²) in [6.07, 6.45) is 14.7. The maximum absolute atomic E-state index is 12.9. The molecule has 0 radical (unpaired) electrons. The molecule has 1 amide bonds. The van der Waals surface area contributed by atoms with Gasteiger partial charge in [0.1, 0.15) is 0 Å². The Balaban J connectivity index is 0.000000164. The summed E-state index contributed by atoms with van der Waals surface area (Å²) in [5.74, 6) is 1.16. The van der Waals surface area contributed by atoms with E-state index in [-0.39, 0.29) is 17.7 Å². The molecule has 8 nitrogen and oxygen atoms in total. The molecular weight excluding hydrogens is 729 g/mol. The number of rotatable bonds is 4. The van der Waals surface area contributed by atoms with Crippen molar-refractivity contribution in [2.24, 2.45) is 11.8 Å². The van der Waals surface area contributed by atoms with Gasteiger partial charge in [0, 0.05) is 58.8 Å². The van der Waals surface area contributed by atoms with Crippen molar-refractivity contribution in [3.63, 3.8) is 0 Å². The van der Waals surface area contributed by atoms with Crippen molar-refractivity contribution in [2.45, 2.75) is 69.6 Å². The number of benzene rings is 2. The minimum Gasteiger partial charge on any atom is -0.618 e. The summed E-state index contributed by atoms with van der Waals surface area (Å²) >= 11 is 12.5. The second kappa shape index (κ2) is 16.7. The highest BCUT2D eigenvalue weighted by molar-refractivity contribution is 6.31. The van der Waals surface area contributed by atoms with Crippen LogP contribution >= 0.6 is 23.2 Å². The predicted molar refractivity (Wildman–Crippen MR) is 215 cm³/mol. The van der Waals surface area contributed by atoms with E-state index in [1.165, 1.54) is 27.8 Å². The second-order valence-electron chi connectivity index (χ2n) is 15.5. The molecule has 284 valence electrons. The smallest absolute Gasteiger partial charge is 0.227 e. The number of carbonyl (C=O) groups is 1. The zero-order chi connectivity index (χ0) is 37.9. The van der Waals surface area contributed by atoms with Crippen LogP contribution in [0.15, 0.2) is 97.6 Å². The summed E-state index contributed by atoms with van der Waals surface area (Å²) in [4.78, 5) is 18.9. The first-order valence-corrected chi connectivity index (χ1v) is 20.5. The highest BCUT2D eigenvalue weighted by Crippen LogP contribution is 2.43. The van der Waals surface area contributed by atoms with Gasteiger partial charge in [-0.1, -0.05) is 41.4 Å². The molecule has 2 aliphatic heterocycles. The van der Waals surface area contributed by atoms with Crippen LogP contribution in [0.5, 0.6) is 0 Å². The number of aromatic nitrogens is 3. The van der Waals surface area contributed by atoms with Crippen molar-refractivity contribution in [1.29, 1.82) is 0 Å². The van der Waals surface area contributed by atoms with Crippen molar-refractivity contribution < 1.29 is 14.3 Å². The van der Waals surface area contributed by atoms with E-state index in [9.17, 15) is 15.2 Å². The average Bonchev–Trinajstić information content (AvgIpc) is 3.48. The van der Waals surface area contributed by atoms with E-state index in [1.807, 2.05) is 41.3 Å². The number of piperidine rings is 2. The first-order chi connectivity index (χ1) is 26.8. The molecule has 0 bridgehead atoms. The second-order valence-corrected chi connectivity index (χ2v) is 16.3. The van der Waals surface area contributed by atoms with Crippen LogP contribution < -0.4 is 14.8 Å². The third-order valence-corrected chi connectivity index (χ3v) is 12.7. The molecule has 4 aliphatic rings. The van der Waals surface area contributed by atoms with Crippen LogP contribution in [0.4, 0.5) is 0 Å². The standard InChI is InChI=1S/C26H26ClN3O2.C19H21ClN2O/c27-22-7-8-23-21(16-22)6-5-20-4-2-12-30(32)26(20)25(23)19-9-13-29(14-10-19)24(31)15-18-3-1-11-28-17-18;20-16-5-6-17-15(12-16)4-3-14-2-1-11-22(23)19(14)18(17)13-7-9-21-10-8-13/h1-4,7-8,11-12,16-17,19,25H,5-6,9-10,13-15H2;1-2,5-6,11-13,18,21H,3-4,7-10H2. The van der Waals surface area contributed by atoms with Crippen LogP contribution in [0.25, 0.3) is 0 Å². The fourth-order valence-corrected chi connectivity index (χ4v) is 10.0. The van der Waals surface area contributed by atoms with Crippen molar-refractivity contribution in [2.75, 3.05) is 26.2 Å². The van der Waals surface area contributed by atoms with Crippen LogP contribution in [0.2, 0.25) is 10.0 Å². The highest BCUT2D eigenvalue weighted by atomic mass is 35.5. The van der Waals surface area contributed by atoms with E-state index in [0.717, 1.165) is 106 Å². The Kier molecular flexibility index (Phi) is 11.4. The minimum atomic E-state index is 0.0223. The minimum absolute atomic E-state index is 0.0223. The Morgan fingerprint density at radius 2 is 1.24 bits per heavy atom. The van der Waals surface area contributed by atoms with E-state index in [1.54, 1.807) is 24.8 Å². The topological polar surface area (TPSA) is 99.1 Å². The average molecular weight is 777 g/mol. The van der Waals surface area contributed by atoms with Gasteiger partial charge in [0.25, 0.3) is 0 Å². The Labute approximate surface area is 333 Å². The monoisotopic (exact) mass is 775 g/mol. The van der Waals surface area contributed by atoms with Gasteiger partial charge in [-0.05, 0) is 147 Å². The predicted octanol–water partition coefficient (Wildman–Crippen LogP) is 7.28. The summed E-state index contributed by atoms with van der Waals surface area (Å²) in [7, 11) is 0. The molecule has 2 saturated heterocycles. The number of nitrogens with zero attached hydrogens (tertiary/aromatic N) is 4. The number of fused-ring (bicyclic) bond motifs is 4. The van der Waals surface area contributed by atoms with E-state index in [4.69, 9.17) is 23.2 Å². The number of nitrogens with one attached hydrogen (secondary N) is 1. The van der Waals surface area contributed by atoms with Gasteiger partial charge in [0.15, 0.2) is 12.4 Å². The molecule has 1 N–H and O–H groups in total. The van der Waals surface area contributed by atoms with Gasteiger partial charge < -0.3 is 20.6 Å². The molecule has 0 spiro atoms. The van der Waals surface area contributed by atoms with Gasteiger partial charge in [0.2, 0.25) is 17.3 Å². The van der Waals surface area contributed by atoms with Gasteiger partial charge in [-0.25, -0.2) is 0 Å². The number of aryl methyl sites for hydroxylation is 4. The number of likely N-dealkylation sites (tertiary alicyclic amines) is 1. The molecule has 10 heteroatoms. The van der Waals surface area contributed by atoms with Crippen LogP contribution in [0.3, 0.4) is 0 Å². The molecule has 55 heavy (non-hydrogen) atoms.